The highest BCUT2D eigenvalue weighted by molar-refractivity contribution is 7.89. The summed E-state index contributed by atoms with van der Waals surface area (Å²) in [4.78, 5) is 13.0. The van der Waals surface area contributed by atoms with Crippen LogP contribution in [0.15, 0.2) is 53.4 Å². The van der Waals surface area contributed by atoms with Crippen LogP contribution in [0.25, 0.3) is 0 Å². The molecule has 0 saturated carbocycles. The molecule has 1 aliphatic heterocycles. The molecular weight excluding hydrogens is 378 g/mol. The summed E-state index contributed by atoms with van der Waals surface area (Å²) in [5.74, 6) is 0.391. The Morgan fingerprint density at radius 1 is 1.04 bits per heavy atom. The van der Waals surface area contributed by atoms with Gasteiger partial charge in [0.05, 0.1) is 9.82 Å². The van der Waals surface area contributed by atoms with Crippen molar-refractivity contribution in [1.82, 2.24) is 4.31 Å². The van der Waals surface area contributed by atoms with Crippen LogP contribution in [-0.2, 0) is 10.0 Å². The molecule has 1 fully saturated rings. The van der Waals surface area contributed by atoms with Gasteiger partial charge >= 0.3 is 0 Å². The second-order valence-electron chi connectivity index (χ2n) is 7.02. The Morgan fingerprint density at radius 2 is 1.64 bits per heavy atom. The Bertz CT molecular complexity index is 936. The van der Waals surface area contributed by atoms with Gasteiger partial charge < -0.3 is 4.90 Å². The summed E-state index contributed by atoms with van der Waals surface area (Å²) in [7, 11) is -3.57. The summed E-state index contributed by atoms with van der Waals surface area (Å²) in [6, 6.07) is 13.7. The number of hydrogen-bond donors (Lipinski definition) is 0. The van der Waals surface area contributed by atoms with Crippen molar-refractivity contribution in [1.29, 1.82) is 0 Å². The van der Waals surface area contributed by atoms with E-state index in [9.17, 15) is 18.5 Å². The van der Waals surface area contributed by atoms with Crippen LogP contribution in [0.1, 0.15) is 31.7 Å². The van der Waals surface area contributed by atoms with E-state index in [1.54, 1.807) is 30.3 Å². The zero-order valence-electron chi connectivity index (χ0n) is 16.1. The van der Waals surface area contributed by atoms with Gasteiger partial charge in [-0.2, -0.15) is 4.31 Å². The van der Waals surface area contributed by atoms with Gasteiger partial charge in [0.25, 0.3) is 5.69 Å². The number of para-hydroxylation sites is 2. The summed E-state index contributed by atoms with van der Waals surface area (Å²) in [6.45, 7) is 5.63. The lowest BCUT2D eigenvalue weighted by Crippen LogP contribution is -2.48. The van der Waals surface area contributed by atoms with Crippen molar-refractivity contribution >= 4 is 21.4 Å². The fraction of sp³-hybridized carbons (Fsp3) is 0.400. The topological polar surface area (TPSA) is 83.8 Å². The standard InChI is InChI=1S/C20H25N3O4S/c1-3-16(2)17-8-10-18(11-9-17)28(26,27)22-14-12-21(13-15-22)19-6-4-5-7-20(19)23(24)25/h4-11,16H,3,12-15H2,1-2H3/t16-/m1/s1. The van der Waals surface area contributed by atoms with Gasteiger partial charge in [-0.05, 0) is 36.1 Å². The number of hydrogen-bond acceptors (Lipinski definition) is 5. The Labute approximate surface area is 165 Å². The lowest BCUT2D eigenvalue weighted by molar-refractivity contribution is -0.384. The third kappa shape index (κ3) is 4.02. The third-order valence-electron chi connectivity index (χ3n) is 5.36. The molecule has 0 bridgehead atoms. The van der Waals surface area contributed by atoms with Gasteiger partial charge in [0.1, 0.15) is 5.69 Å². The fourth-order valence-corrected chi connectivity index (χ4v) is 4.83. The van der Waals surface area contributed by atoms with Crippen LogP contribution in [0.5, 0.6) is 0 Å². The van der Waals surface area contributed by atoms with Crippen molar-refractivity contribution in [2.45, 2.75) is 31.1 Å². The molecule has 1 heterocycles. The highest BCUT2D eigenvalue weighted by Gasteiger charge is 2.30. The lowest BCUT2D eigenvalue weighted by atomic mass is 9.99. The normalized spacial score (nSPS) is 16.7. The van der Waals surface area contributed by atoms with Gasteiger partial charge in [0.15, 0.2) is 0 Å². The quantitative estimate of drug-likeness (QED) is 0.543. The first-order chi connectivity index (χ1) is 13.3. The molecule has 7 nitrogen and oxygen atoms in total. The van der Waals surface area contributed by atoms with Crippen LogP contribution >= 0.6 is 0 Å². The highest BCUT2D eigenvalue weighted by Crippen LogP contribution is 2.29. The van der Waals surface area contributed by atoms with E-state index in [1.165, 1.54) is 10.4 Å². The van der Waals surface area contributed by atoms with E-state index in [0.717, 1.165) is 12.0 Å². The second kappa shape index (κ2) is 8.28. The smallest absolute Gasteiger partial charge is 0.292 e. The predicted octanol–water partition coefficient (Wildman–Crippen LogP) is 3.62. The van der Waals surface area contributed by atoms with Crippen molar-refractivity contribution in [3.05, 3.63) is 64.2 Å². The van der Waals surface area contributed by atoms with Gasteiger partial charge in [-0.3, -0.25) is 10.1 Å². The first-order valence-electron chi connectivity index (χ1n) is 9.43. The molecule has 0 unspecified atom stereocenters. The number of nitro benzene ring substituents is 1. The Hall–Kier alpha value is -2.45. The SMILES string of the molecule is CC[C@@H](C)c1ccc(S(=O)(=O)N2CCN(c3ccccc3[N+](=O)[O-])CC2)cc1. The minimum Gasteiger partial charge on any atom is -0.363 e. The number of piperazine rings is 1. The van der Waals surface area contributed by atoms with Gasteiger partial charge in [-0.15, -0.1) is 0 Å². The largest absolute Gasteiger partial charge is 0.363 e. The van der Waals surface area contributed by atoms with Crippen LogP contribution in [0, 0.1) is 10.1 Å². The van der Waals surface area contributed by atoms with Crippen molar-refractivity contribution in [2.75, 3.05) is 31.1 Å². The molecule has 0 amide bonds. The van der Waals surface area contributed by atoms with Crippen LogP contribution in [0.2, 0.25) is 0 Å². The minimum absolute atomic E-state index is 0.0411. The molecule has 1 saturated heterocycles. The van der Waals surface area contributed by atoms with E-state index in [-0.39, 0.29) is 5.69 Å². The van der Waals surface area contributed by atoms with E-state index >= 15 is 0 Å². The van der Waals surface area contributed by atoms with E-state index in [2.05, 4.69) is 13.8 Å². The van der Waals surface area contributed by atoms with E-state index < -0.39 is 14.9 Å². The Balaban J connectivity index is 1.73. The number of nitrogens with zero attached hydrogens (tertiary/aromatic N) is 3. The van der Waals surface area contributed by atoms with Gasteiger partial charge in [0.2, 0.25) is 10.0 Å². The van der Waals surface area contributed by atoms with Gasteiger partial charge in [0, 0.05) is 32.2 Å². The molecule has 28 heavy (non-hydrogen) atoms. The van der Waals surface area contributed by atoms with Crippen molar-refractivity contribution < 1.29 is 13.3 Å². The summed E-state index contributed by atoms with van der Waals surface area (Å²) in [5.41, 5.74) is 1.70. The van der Waals surface area contributed by atoms with Crippen LogP contribution in [0.4, 0.5) is 11.4 Å². The molecule has 0 spiro atoms. The van der Waals surface area contributed by atoms with Crippen LogP contribution in [0.3, 0.4) is 0 Å². The molecule has 3 rings (SSSR count). The minimum atomic E-state index is -3.57. The lowest BCUT2D eigenvalue weighted by Gasteiger charge is -2.35. The van der Waals surface area contributed by atoms with E-state index in [1.807, 2.05) is 17.0 Å². The molecular formula is C20H25N3O4S. The van der Waals surface area contributed by atoms with Gasteiger partial charge in [-0.1, -0.05) is 38.1 Å². The Morgan fingerprint density at radius 3 is 2.21 bits per heavy atom. The van der Waals surface area contributed by atoms with Gasteiger partial charge in [-0.25, -0.2) is 8.42 Å². The molecule has 2 aromatic rings. The summed E-state index contributed by atoms with van der Waals surface area (Å²) < 4.78 is 27.4. The maximum absolute atomic E-state index is 13.0. The highest BCUT2D eigenvalue weighted by atomic mass is 32.2. The zero-order valence-corrected chi connectivity index (χ0v) is 16.9. The second-order valence-corrected chi connectivity index (χ2v) is 8.95. The number of benzene rings is 2. The molecule has 1 atom stereocenters. The molecule has 0 N–H and O–H groups in total. The van der Waals surface area contributed by atoms with Crippen LogP contribution in [-0.4, -0.2) is 43.8 Å². The number of anilines is 1. The molecule has 8 heteroatoms. The predicted molar refractivity (Wildman–Crippen MR) is 109 cm³/mol. The first-order valence-corrected chi connectivity index (χ1v) is 10.9. The average molecular weight is 404 g/mol. The number of sulfonamides is 1. The molecule has 0 aliphatic carbocycles. The van der Waals surface area contributed by atoms with Crippen molar-refractivity contribution in [3.8, 4) is 0 Å². The van der Waals surface area contributed by atoms with Crippen LogP contribution < -0.4 is 4.90 Å². The molecule has 0 radical (unpaired) electrons. The van der Waals surface area contributed by atoms with Crippen molar-refractivity contribution in [3.63, 3.8) is 0 Å². The summed E-state index contributed by atoms with van der Waals surface area (Å²) >= 11 is 0. The van der Waals surface area contributed by atoms with E-state index in [4.69, 9.17) is 0 Å². The molecule has 1 aliphatic rings. The monoisotopic (exact) mass is 403 g/mol. The maximum Gasteiger partial charge on any atom is 0.292 e. The summed E-state index contributed by atoms with van der Waals surface area (Å²) in [5, 5.41) is 11.2. The number of nitro groups is 1. The summed E-state index contributed by atoms with van der Waals surface area (Å²) in [6.07, 6.45) is 1.000. The fourth-order valence-electron chi connectivity index (χ4n) is 3.41. The zero-order chi connectivity index (χ0) is 20.3. The maximum atomic E-state index is 13.0. The Kier molecular flexibility index (Phi) is 6.00. The van der Waals surface area contributed by atoms with E-state index in [0.29, 0.717) is 42.7 Å². The number of rotatable bonds is 6. The first kappa shape index (κ1) is 20.3. The molecule has 150 valence electrons. The molecule has 2 aromatic carbocycles. The third-order valence-corrected chi connectivity index (χ3v) is 7.27. The average Bonchev–Trinajstić information content (AvgIpc) is 2.73. The van der Waals surface area contributed by atoms with Crippen molar-refractivity contribution in [2.24, 2.45) is 0 Å². The molecule has 0 aromatic heterocycles.